The molecular formula is C33H31F2N3O4. The molecule has 1 atom stereocenters. The van der Waals surface area contributed by atoms with Gasteiger partial charge in [0, 0.05) is 31.3 Å². The lowest BCUT2D eigenvalue weighted by Gasteiger charge is -2.32. The third-order valence-corrected chi connectivity index (χ3v) is 8.55. The minimum Gasteiger partial charge on any atom is -0.380 e. The lowest BCUT2D eigenvalue weighted by atomic mass is 9.89. The molecule has 0 aromatic heterocycles. The van der Waals surface area contributed by atoms with Crippen molar-refractivity contribution in [2.24, 2.45) is 0 Å². The van der Waals surface area contributed by atoms with Crippen LogP contribution in [0, 0.1) is 11.6 Å². The number of benzene rings is 3. The fraction of sp³-hybridized carbons (Fsp3) is 0.333. The Kier molecular flexibility index (Phi) is 7.68. The summed E-state index contributed by atoms with van der Waals surface area (Å²) in [5.74, 6) is -2.46. The predicted molar refractivity (Wildman–Crippen MR) is 152 cm³/mol. The van der Waals surface area contributed by atoms with Gasteiger partial charge in [-0.15, -0.1) is 0 Å². The maximum Gasteiger partial charge on any atom is 0.264 e. The molecule has 3 aliphatic rings. The lowest BCUT2D eigenvalue weighted by molar-refractivity contribution is -0.132. The average molecular weight is 572 g/mol. The number of carbonyl (C=O) groups is 4. The first-order valence-corrected chi connectivity index (χ1v) is 14.3. The zero-order valence-corrected chi connectivity index (χ0v) is 23.1. The Hall–Kier alpha value is -4.24. The minimum atomic E-state index is -0.898. The Morgan fingerprint density at radius 1 is 0.810 bits per heavy atom. The molecule has 9 heteroatoms. The van der Waals surface area contributed by atoms with Crippen LogP contribution < -0.4 is 5.32 Å². The number of imide groups is 1. The number of Topliss-reactive ketones (excluding diaryl/α,β-unsaturated/α-hetero) is 2. The molecule has 0 spiro atoms. The van der Waals surface area contributed by atoms with Crippen LogP contribution in [-0.2, 0) is 22.7 Å². The molecule has 1 aliphatic carbocycles. The van der Waals surface area contributed by atoms with Gasteiger partial charge in [0.1, 0.15) is 17.4 Å². The summed E-state index contributed by atoms with van der Waals surface area (Å²) in [6, 6.07) is 16.1. The average Bonchev–Trinajstić information content (AvgIpc) is 3.22. The van der Waals surface area contributed by atoms with Crippen LogP contribution in [0.4, 0.5) is 14.5 Å². The van der Waals surface area contributed by atoms with E-state index in [9.17, 15) is 28.0 Å². The number of carbonyl (C=O) groups excluding carboxylic acids is 4. The molecule has 2 aliphatic heterocycles. The Bertz CT molecular complexity index is 1540. The quantitative estimate of drug-likeness (QED) is 0.308. The van der Waals surface area contributed by atoms with Crippen molar-refractivity contribution >= 4 is 29.1 Å². The van der Waals surface area contributed by atoms with Gasteiger partial charge in [-0.1, -0.05) is 30.3 Å². The number of amides is 2. The number of hydrogen-bond acceptors (Lipinski definition) is 6. The molecule has 3 aromatic carbocycles. The van der Waals surface area contributed by atoms with E-state index in [0.717, 1.165) is 60.1 Å². The smallest absolute Gasteiger partial charge is 0.264 e. The van der Waals surface area contributed by atoms with E-state index in [2.05, 4.69) is 22.3 Å². The van der Waals surface area contributed by atoms with Crippen molar-refractivity contribution in [2.75, 3.05) is 18.4 Å². The highest BCUT2D eigenvalue weighted by molar-refractivity contribution is 6.25. The van der Waals surface area contributed by atoms with Gasteiger partial charge in [-0.2, -0.15) is 0 Å². The van der Waals surface area contributed by atoms with Gasteiger partial charge in [-0.25, -0.2) is 8.78 Å². The van der Waals surface area contributed by atoms with Crippen molar-refractivity contribution in [3.63, 3.8) is 0 Å². The van der Waals surface area contributed by atoms with Crippen LogP contribution in [0.1, 0.15) is 75.4 Å². The van der Waals surface area contributed by atoms with E-state index in [1.807, 2.05) is 12.1 Å². The second kappa shape index (κ2) is 11.6. The Morgan fingerprint density at radius 2 is 1.50 bits per heavy atom. The monoisotopic (exact) mass is 571 g/mol. The van der Waals surface area contributed by atoms with Gasteiger partial charge in [0.2, 0.25) is 0 Å². The zero-order valence-electron chi connectivity index (χ0n) is 23.1. The van der Waals surface area contributed by atoms with Gasteiger partial charge >= 0.3 is 0 Å². The van der Waals surface area contributed by atoms with E-state index in [0.29, 0.717) is 12.2 Å². The molecule has 1 saturated carbocycles. The maximum absolute atomic E-state index is 13.6. The number of hydrogen-bond donors (Lipinski definition) is 1. The molecule has 2 heterocycles. The molecule has 216 valence electrons. The lowest BCUT2D eigenvalue weighted by Crippen LogP contribution is -2.47. The van der Waals surface area contributed by atoms with E-state index in [-0.39, 0.29) is 47.9 Å². The number of nitrogens with one attached hydrogen (secondary N) is 1. The molecule has 0 bridgehead atoms. The van der Waals surface area contributed by atoms with E-state index in [4.69, 9.17) is 0 Å². The van der Waals surface area contributed by atoms with E-state index in [1.54, 1.807) is 18.2 Å². The first-order chi connectivity index (χ1) is 20.3. The second-order valence-corrected chi connectivity index (χ2v) is 11.4. The predicted octanol–water partition coefficient (Wildman–Crippen LogP) is 5.24. The SMILES string of the molecule is O=C1CCC(N2C(=O)c3cccc(NCc4ccc(CN5CCC(c6cc(F)cc(F)c6)CC5)cc4)c3C2=O)C(=O)C1. The Labute approximate surface area is 242 Å². The summed E-state index contributed by atoms with van der Waals surface area (Å²) in [4.78, 5) is 53.9. The molecule has 1 N–H and O–H groups in total. The minimum absolute atomic E-state index is 0.154. The van der Waals surface area contributed by atoms with Gasteiger partial charge in [-0.05, 0) is 79.2 Å². The highest BCUT2D eigenvalue weighted by Gasteiger charge is 2.45. The molecule has 7 nitrogen and oxygen atoms in total. The Balaban J connectivity index is 1.05. The second-order valence-electron chi connectivity index (χ2n) is 11.4. The third kappa shape index (κ3) is 5.61. The Morgan fingerprint density at radius 3 is 2.19 bits per heavy atom. The molecular weight excluding hydrogens is 540 g/mol. The topological polar surface area (TPSA) is 86.8 Å². The van der Waals surface area contributed by atoms with Gasteiger partial charge in [0.15, 0.2) is 5.78 Å². The molecule has 6 rings (SSSR count). The number of nitrogens with zero attached hydrogens (tertiary/aromatic N) is 2. The normalized spacial score (nSPS) is 19.9. The number of likely N-dealkylation sites (tertiary alicyclic amines) is 1. The van der Waals surface area contributed by atoms with Crippen molar-refractivity contribution in [3.05, 3.63) is 100 Å². The van der Waals surface area contributed by atoms with Crippen molar-refractivity contribution in [1.29, 1.82) is 0 Å². The fourth-order valence-electron chi connectivity index (χ4n) is 6.32. The number of piperidine rings is 1. The summed E-state index contributed by atoms with van der Waals surface area (Å²) in [7, 11) is 0. The summed E-state index contributed by atoms with van der Waals surface area (Å²) in [6.45, 7) is 2.90. The largest absolute Gasteiger partial charge is 0.380 e. The highest BCUT2D eigenvalue weighted by atomic mass is 19.1. The number of fused-ring (bicyclic) bond motifs is 1. The molecule has 42 heavy (non-hydrogen) atoms. The van der Waals surface area contributed by atoms with E-state index < -0.39 is 29.5 Å². The van der Waals surface area contributed by atoms with Gasteiger partial charge in [-0.3, -0.25) is 29.0 Å². The molecule has 1 unspecified atom stereocenters. The first kappa shape index (κ1) is 27.9. The number of anilines is 1. The molecule has 0 radical (unpaired) electrons. The van der Waals surface area contributed by atoms with Gasteiger partial charge in [0.25, 0.3) is 11.8 Å². The van der Waals surface area contributed by atoms with Crippen LogP contribution in [0.25, 0.3) is 0 Å². The first-order valence-electron chi connectivity index (χ1n) is 14.3. The molecule has 2 amide bonds. The summed E-state index contributed by atoms with van der Waals surface area (Å²) in [5, 5.41) is 3.28. The zero-order chi connectivity index (χ0) is 29.4. The highest BCUT2D eigenvalue weighted by Crippen LogP contribution is 2.34. The number of rotatable bonds is 7. The van der Waals surface area contributed by atoms with Crippen LogP contribution >= 0.6 is 0 Å². The fourth-order valence-corrected chi connectivity index (χ4v) is 6.32. The van der Waals surface area contributed by atoms with Crippen molar-refractivity contribution in [3.8, 4) is 0 Å². The van der Waals surface area contributed by atoms with Crippen molar-refractivity contribution in [1.82, 2.24) is 9.80 Å². The molecule has 3 aromatic rings. The van der Waals surface area contributed by atoms with Crippen molar-refractivity contribution in [2.45, 2.75) is 57.2 Å². The van der Waals surface area contributed by atoms with Crippen molar-refractivity contribution < 1.29 is 28.0 Å². The summed E-state index contributed by atoms with van der Waals surface area (Å²) < 4.78 is 27.3. The van der Waals surface area contributed by atoms with Crippen LogP contribution in [-0.4, -0.2) is 52.3 Å². The van der Waals surface area contributed by atoms with Crippen LogP contribution in [0.2, 0.25) is 0 Å². The molecule has 2 fully saturated rings. The summed E-state index contributed by atoms with van der Waals surface area (Å²) in [5.41, 5.74) is 3.92. The van der Waals surface area contributed by atoms with Gasteiger partial charge in [0.05, 0.1) is 23.6 Å². The summed E-state index contributed by atoms with van der Waals surface area (Å²) >= 11 is 0. The van der Waals surface area contributed by atoms with E-state index >= 15 is 0 Å². The third-order valence-electron chi connectivity index (χ3n) is 8.55. The van der Waals surface area contributed by atoms with Crippen LogP contribution in [0.3, 0.4) is 0 Å². The van der Waals surface area contributed by atoms with Crippen LogP contribution in [0.5, 0.6) is 0 Å². The number of halogens is 2. The standard InChI is InChI=1S/C33H31F2N3O4/c34-24-14-23(15-25(35)16-24)22-10-12-37(13-11-22)19-21-6-4-20(5-7-21)18-36-28-3-1-2-27-31(28)33(42)38(32(27)41)29-9-8-26(39)17-30(29)40/h1-7,14-16,22,29,36H,8-13,17-19H2. The maximum atomic E-state index is 13.6. The number of ketones is 2. The van der Waals surface area contributed by atoms with Crippen LogP contribution in [0.15, 0.2) is 60.7 Å². The van der Waals surface area contributed by atoms with Gasteiger partial charge < -0.3 is 5.32 Å². The molecule has 1 saturated heterocycles. The summed E-state index contributed by atoms with van der Waals surface area (Å²) in [6.07, 6.45) is 1.80. The van der Waals surface area contributed by atoms with E-state index in [1.165, 1.54) is 12.1 Å².